The first kappa shape index (κ1) is 22.8. The van der Waals surface area contributed by atoms with Crippen molar-refractivity contribution in [3.63, 3.8) is 0 Å². The molecule has 0 spiro atoms. The molecule has 2 N–H and O–H groups in total. The molecule has 9 heteroatoms. The van der Waals surface area contributed by atoms with Gasteiger partial charge in [0.2, 0.25) is 0 Å². The van der Waals surface area contributed by atoms with Gasteiger partial charge in [0.15, 0.2) is 0 Å². The maximum atomic E-state index is 13.4. The quantitative estimate of drug-likeness (QED) is 0.230. The first-order valence-corrected chi connectivity index (χ1v) is 11.7. The Bertz CT molecular complexity index is 1600. The van der Waals surface area contributed by atoms with Crippen LogP contribution in [0.3, 0.4) is 0 Å². The van der Waals surface area contributed by atoms with E-state index in [1.807, 2.05) is 24.3 Å². The molecule has 0 aliphatic rings. The topological polar surface area (TPSA) is 84.3 Å². The Kier molecular flexibility index (Phi) is 6.31. The number of aliphatic carboxylic acids is 1. The van der Waals surface area contributed by atoms with Crippen molar-refractivity contribution in [1.29, 1.82) is 0 Å². The second-order valence-corrected chi connectivity index (χ2v) is 9.06. The highest BCUT2D eigenvalue weighted by molar-refractivity contribution is 7.25. The molecule has 0 aliphatic heterocycles. The van der Waals surface area contributed by atoms with Gasteiger partial charge >= 0.3 is 5.97 Å². The van der Waals surface area contributed by atoms with Gasteiger partial charge in [-0.3, -0.25) is 0 Å². The number of anilines is 2. The van der Waals surface area contributed by atoms with Crippen LogP contribution in [0, 0.1) is 5.82 Å². The molecule has 3 aromatic carbocycles. The van der Waals surface area contributed by atoms with E-state index in [4.69, 9.17) is 21.4 Å². The first-order chi connectivity index (χ1) is 17.0. The molecule has 0 fully saturated rings. The molecule has 0 atom stereocenters. The zero-order valence-electron chi connectivity index (χ0n) is 18.0. The summed E-state index contributed by atoms with van der Waals surface area (Å²) in [6.45, 7) is 0.196. The summed E-state index contributed by atoms with van der Waals surface area (Å²) in [5.74, 6) is -0.207. The van der Waals surface area contributed by atoms with Crippen LogP contribution in [0.1, 0.15) is 11.1 Å². The Balaban J connectivity index is 1.40. The lowest BCUT2D eigenvalue weighted by Gasteiger charge is -2.11. The number of fused-ring (bicyclic) bond motifs is 3. The fourth-order valence-electron chi connectivity index (χ4n) is 3.61. The molecule has 5 aromatic rings. The number of aromatic nitrogens is 2. The number of nitrogens with one attached hydrogen (secondary N) is 1. The molecule has 0 amide bonds. The van der Waals surface area contributed by atoms with Crippen LogP contribution in [0.5, 0.6) is 5.75 Å². The number of nitrogens with zero attached hydrogens (tertiary/aromatic N) is 2. The van der Waals surface area contributed by atoms with E-state index in [1.54, 1.807) is 30.3 Å². The highest BCUT2D eigenvalue weighted by Gasteiger charge is 2.13. The summed E-state index contributed by atoms with van der Waals surface area (Å²) >= 11 is 7.94. The number of carbonyl (C=O) groups is 1. The van der Waals surface area contributed by atoms with Crippen LogP contribution in [0.15, 0.2) is 73.1 Å². The van der Waals surface area contributed by atoms with E-state index in [1.165, 1.54) is 29.8 Å². The number of ether oxygens (including phenoxy) is 1. The number of halogens is 2. The average Bonchev–Trinajstić information content (AvgIpc) is 3.21. The molecule has 0 saturated carbocycles. The molecule has 2 aromatic heterocycles. The van der Waals surface area contributed by atoms with Gasteiger partial charge in [-0.2, -0.15) is 0 Å². The van der Waals surface area contributed by atoms with E-state index < -0.39 is 5.97 Å². The largest absolute Gasteiger partial charge is 0.487 e. The van der Waals surface area contributed by atoms with Crippen LogP contribution in [-0.4, -0.2) is 21.0 Å². The van der Waals surface area contributed by atoms with Gasteiger partial charge in [0.25, 0.3) is 0 Å². The predicted octanol–water partition coefficient (Wildman–Crippen LogP) is 7.06. The van der Waals surface area contributed by atoms with E-state index in [0.717, 1.165) is 31.9 Å². The molecule has 0 unspecified atom stereocenters. The fraction of sp³-hybridized carbons (Fsp3) is 0.0385. The van der Waals surface area contributed by atoms with Crippen LogP contribution >= 0.6 is 22.9 Å². The van der Waals surface area contributed by atoms with E-state index >= 15 is 0 Å². The average molecular weight is 506 g/mol. The van der Waals surface area contributed by atoms with Crippen LogP contribution in [-0.2, 0) is 11.4 Å². The van der Waals surface area contributed by atoms with Crippen LogP contribution < -0.4 is 10.1 Å². The molecule has 174 valence electrons. The highest BCUT2D eigenvalue weighted by Crippen LogP contribution is 2.38. The molecule has 0 aliphatic carbocycles. The van der Waals surface area contributed by atoms with E-state index in [9.17, 15) is 9.18 Å². The van der Waals surface area contributed by atoms with Gasteiger partial charge in [-0.05, 0) is 53.6 Å². The summed E-state index contributed by atoms with van der Waals surface area (Å²) in [5.41, 5.74) is 2.21. The Morgan fingerprint density at radius 2 is 2.03 bits per heavy atom. The van der Waals surface area contributed by atoms with Crippen LogP contribution in [0.4, 0.5) is 15.9 Å². The smallest absolute Gasteiger partial charge is 0.328 e. The number of carboxylic acid groups (broad SMARTS) is 1. The third-order valence-electron chi connectivity index (χ3n) is 5.19. The minimum Gasteiger partial charge on any atom is -0.487 e. The molecular formula is C26H17ClFN3O3S. The lowest BCUT2D eigenvalue weighted by molar-refractivity contribution is -0.131. The minimum atomic E-state index is -0.997. The summed E-state index contributed by atoms with van der Waals surface area (Å²) in [7, 11) is 0. The summed E-state index contributed by atoms with van der Waals surface area (Å²) in [5, 5.41) is 14.4. The third-order valence-corrected chi connectivity index (χ3v) is 6.55. The summed E-state index contributed by atoms with van der Waals surface area (Å²) in [6, 6.07) is 17.2. The van der Waals surface area contributed by atoms with Crippen molar-refractivity contribution in [2.24, 2.45) is 0 Å². The maximum absolute atomic E-state index is 13.4. The number of rotatable bonds is 7. The predicted molar refractivity (Wildman–Crippen MR) is 137 cm³/mol. The van der Waals surface area contributed by atoms with Crippen molar-refractivity contribution in [3.05, 3.63) is 95.0 Å². The van der Waals surface area contributed by atoms with E-state index in [2.05, 4.69) is 15.3 Å². The monoisotopic (exact) mass is 505 g/mol. The second-order valence-electron chi connectivity index (χ2n) is 7.62. The molecule has 0 bridgehead atoms. The standard InChI is InChI=1S/C26H17ClFN3O3S/c27-20-12-18(6-8-21(20)34-13-16-2-1-3-17(28)10-16)31-25-24-19-7-4-15(5-9-23(32)33)11-22(19)35-26(24)30-14-29-25/h1-12,14H,13H2,(H,32,33)(H,29,30,31). The van der Waals surface area contributed by atoms with Crippen LogP contribution in [0.25, 0.3) is 26.4 Å². The Hall–Kier alpha value is -4.01. The van der Waals surface area contributed by atoms with Crippen LogP contribution in [0.2, 0.25) is 5.02 Å². The van der Waals surface area contributed by atoms with Gasteiger partial charge in [-0.1, -0.05) is 35.9 Å². The molecule has 35 heavy (non-hydrogen) atoms. The zero-order valence-corrected chi connectivity index (χ0v) is 19.6. The first-order valence-electron chi connectivity index (χ1n) is 10.5. The van der Waals surface area contributed by atoms with Crippen molar-refractivity contribution in [2.45, 2.75) is 6.61 Å². The zero-order chi connectivity index (χ0) is 24.4. The Morgan fingerprint density at radius 1 is 1.14 bits per heavy atom. The fourth-order valence-corrected chi connectivity index (χ4v) is 4.94. The summed E-state index contributed by atoms with van der Waals surface area (Å²) < 4.78 is 20.1. The van der Waals surface area contributed by atoms with Gasteiger partial charge in [-0.15, -0.1) is 11.3 Å². The lowest BCUT2D eigenvalue weighted by atomic mass is 10.1. The summed E-state index contributed by atoms with van der Waals surface area (Å²) in [4.78, 5) is 20.4. The van der Waals surface area contributed by atoms with Crippen molar-refractivity contribution >= 4 is 66.8 Å². The Labute approximate surface area is 208 Å². The van der Waals surface area contributed by atoms with Crippen molar-refractivity contribution in [2.75, 3.05) is 5.32 Å². The molecule has 5 rings (SSSR count). The van der Waals surface area contributed by atoms with Crippen molar-refractivity contribution in [1.82, 2.24) is 9.97 Å². The molecule has 0 radical (unpaired) electrons. The maximum Gasteiger partial charge on any atom is 0.328 e. The number of hydrogen-bond acceptors (Lipinski definition) is 6. The van der Waals surface area contributed by atoms with Gasteiger partial charge in [0, 0.05) is 21.8 Å². The normalized spacial score (nSPS) is 11.4. The summed E-state index contributed by atoms with van der Waals surface area (Å²) in [6.07, 6.45) is 4.15. The van der Waals surface area contributed by atoms with E-state index in [0.29, 0.717) is 27.8 Å². The second kappa shape index (κ2) is 9.69. The highest BCUT2D eigenvalue weighted by atomic mass is 35.5. The molecule has 6 nitrogen and oxygen atoms in total. The van der Waals surface area contributed by atoms with Crippen molar-refractivity contribution in [3.8, 4) is 5.75 Å². The van der Waals surface area contributed by atoms with Gasteiger partial charge in [-0.25, -0.2) is 19.2 Å². The van der Waals surface area contributed by atoms with Gasteiger partial charge < -0.3 is 15.2 Å². The van der Waals surface area contributed by atoms with Gasteiger partial charge in [0.1, 0.15) is 35.1 Å². The molecular weight excluding hydrogens is 489 g/mol. The molecule has 2 heterocycles. The van der Waals surface area contributed by atoms with Gasteiger partial charge in [0.05, 0.1) is 10.4 Å². The number of hydrogen-bond donors (Lipinski definition) is 2. The third kappa shape index (κ3) is 5.08. The van der Waals surface area contributed by atoms with E-state index in [-0.39, 0.29) is 12.4 Å². The molecule has 0 saturated heterocycles. The van der Waals surface area contributed by atoms with Crippen molar-refractivity contribution < 1.29 is 19.0 Å². The lowest BCUT2D eigenvalue weighted by Crippen LogP contribution is -1.98. The SMILES string of the molecule is O=C(O)C=Cc1ccc2c(c1)sc1ncnc(Nc3ccc(OCc4cccc(F)c4)c(Cl)c3)c12. The minimum absolute atomic E-state index is 0.196. The number of thiophene rings is 1. The number of benzene rings is 3. The Morgan fingerprint density at radius 3 is 2.83 bits per heavy atom. The number of carboxylic acids is 1.